The third-order valence-electron chi connectivity index (χ3n) is 3.46. The van der Waals surface area contributed by atoms with Crippen LogP contribution in [-0.4, -0.2) is 51.4 Å². The highest BCUT2D eigenvalue weighted by atomic mass is 16.3. The van der Waals surface area contributed by atoms with Crippen LogP contribution >= 0.6 is 0 Å². The topological polar surface area (TPSA) is 107 Å². The van der Waals surface area contributed by atoms with E-state index in [0.29, 0.717) is 0 Å². The van der Waals surface area contributed by atoms with Gasteiger partial charge in [-0.1, -0.05) is 30.3 Å². The molecule has 0 fully saturated rings. The van der Waals surface area contributed by atoms with E-state index in [1.54, 1.807) is 13.8 Å². The molecule has 2 atom stereocenters. The summed E-state index contributed by atoms with van der Waals surface area (Å²) in [6, 6.07) is 8.61. The molecule has 6 nitrogen and oxygen atoms in total. The number of carbonyl (C=O) groups is 2. The van der Waals surface area contributed by atoms with Gasteiger partial charge in [0.05, 0.1) is 30.8 Å². The Morgan fingerprint density at radius 2 is 1.79 bits per heavy atom. The molecule has 1 aromatic carbocycles. The first-order chi connectivity index (χ1) is 11.2. The van der Waals surface area contributed by atoms with Gasteiger partial charge in [0, 0.05) is 12.8 Å². The van der Waals surface area contributed by atoms with E-state index in [9.17, 15) is 24.9 Å². The fourth-order valence-electron chi connectivity index (χ4n) is 2.50. The first-order valence-corrected chi connectivity index (χ1v) is 8.06. The molecule has 0 saturated carbocycles. The van der Waals surface area contributed by atoms with Crippen molar-refractivity contribution in [2.45, 2.75) is 57.3 Å². The minimum atomic E-state index is -1.07. The Labute approximate surface area is 142 Å². The van der Waals surface area contributed by atoms with Crippen molar-refractivity contribution >= 4 is 11.7 Å². The van der Waals surface area contributed by atoms with Crippen molar-refractivity contribution in [3.05, 3.63) is 35.9 Å². The molecule has 0 saturated heterocycles. The van der Waals surface area contributed by atoms with Gasteiger partial charge in [0.15, 0.2) is 0 Å². The van der Waals surface area contributed by atoms with Gasteiger partial charge in [0.2, 0.25) is 5.91 Å². The summed E-state index contributed by atoms with van der Waals surface area (Å²) in [7, 11) is 0. The fourth-order valence-corrected chi connectivity index (χ4v) is 2.50. The third-order valence-corrected chi connectivity index (χ3v) is 3.46. The maximum absolute atomic E-state index is 11.9. The van der Waals surface area contributed by atoms with Crippen molar-refractivity contribution in [2.24, 2.45) is 0 Å². The molecule has 1 amide bonds. The highest BCUT2D eigenvalue weighted by Gasteiger charge is 2.23. The molecular weight excluding hydrogens is 310 g/mol. The van der Waals surface area contributed by atoms with Crippen LogP contribution in [0.4, 0.5) is 0 Å². The van der Waals surface area contributed by atoms with Gasteiger partial charge in [-0.15, -0.1) is 0 Å². The molecule has 6 heteroatoms. The van der Waals surface area contributed by atoms with E-state index in [0.717, 1.165) is 5.56 Å². The van der Waals surface area contributed by atoms with Gasteiger partial charge in [-0.25, -0.2) is 0 Å². The number of carbonyl (C=O) groups excluding carboxylic acids is 2. The van der Waals surface area contributed by atoms with E-state index in [1.165, 1.54) is 0 Å². The van der Waals surface area contributed by atoms with Crippen molar-refractivity contribution in [1.29, 1.82) is 0 Å². The monoisotopic (exact) mass is 337 g/mol. The molecule has 0 aliphatic carbocycles. The van der Waals surface area contributed by atoms with Gasteiger partial charge in [0.1, 0.15) is 5.78 Å². The van der Waals surface area contributed by atoms with Crippen molar-refractivity contribution < 1.29 is 24.9 Å². The zero-order chi connectivity index (χ0) is 18.2. The number of Topliss-reactive ketones (excluding diaryl/α,β-unsaturated/α-hetero) is 1. The first kappa shape index (κ1) is 20.3. The summed E-state index contributed by atoms with van der Waals surface area (Å²) in [5.41, 5.74) is -0.157. The van der Waals surface area contributed by atoms with Crippen LogP contribution in [0.5, 0.6) is 0 Å². The Morgan fingerprint density at radius 3 is 2.33 bits per heavy atom. The maximum Gasteiger partial charge on any atom is 0.222 e. The van der Waals surface area contributed by atoms with Crippen molar-refractivity contribution in [2.75, 3.05) is 6.61 Å². The van der Waals surface area contributed by atoms with Crippen molar-refractivity contribution in [1.82, 2.24) is 5.32 Å². The molecule has 1 rings (SSSR count). The van der Waals surface area contributed by atoms with E-state index >= 15 is 0 Å². The number of hydrogen-bond acceptors (Lipinski definition) is 5. The van der Waals surface area contributed by atoms with Gasteiger partial charge in [-0.3, -0.25) is 9.59 Å². The molecular formula is C18H27NO5. The predicted octanol–water partition coefficient (Wildman–Crippen LogP) is 0.577. The van der Waals surface area contributed by atoms with Crippen LogP contribution in [0.25, 0.3) is 0 Å². The van der Waals surface area contributed by atoms with Gasteiger partial charge in [-0.2, -0.15) is 0 Å². The van der Waals surface area contributed by atoms with Gasteiger partial charge in [-0.05, 0) is 25.8 Å². The van der Waals surface area contributed by atoms with Crippen LogP contribution in [0.2, 0.25) is 0 Å². The van der Waals surface area contributed by atoms with E-state index in [-0.39, 0.29) is 38.1 Å². The molecule has 0 unspecified atom stereocenters. The molecule has 0 spiro atoms. The van der Waals surface area contributed by atoms with Crippen LogP contribution in [-0.2, 0) is 16.0 Å². The molecule has 1 aromatic rings. The van der Waals surface area contributed by atoms with Crippen LogP contribution in [0.15, 0.2) is 30.3 Å². The number of benzene rings is 1. The van der Waals surface area contributed by atoms with Crippen LogP contribution < -0.4 is 5.32 Å². The Balaban J connectivity index is 2.39. The first-order valence-electron chi connectivity index (χ1n) is 8.06. The summed E-state index contributed by atoms with van der Waals surface area (Å²) in [6.07, 6.45) is -0.973. The number of aliphatic hydroxyl groups is 3. The van der Waals surface area contributed by atoms with Gasteiger partial charge in [0.25, 0.3) is 0 Å². The molecule has 0 radical (unpaired) electrons. The maximum atomic E-state index is 11.9. The van der Waals surface area contributed by atoms with Crippen molar-refractivity contribution in [3.8, 4) is 0 Å². The molecule has 0 aliphatic rings. The lowest BCUT2D eigenvalue weighted by atomic mass is 9.99. The normalized spacial score (nSPS) is 14.0. The Bertz CT molecular complexity index is 524. The van der Waals surface area contributed by atoms with Gasteiger partial charge < -0.3 is 20.6 Å². The summed E-state index contributed by atoms with van der Waals surface area (Å²) >= 11 is 0. The summed E-state index contributed by atoms with van der Waals surface area (Å²) in [4.78, 5) is 23.8. The zero-order valence-electron chi connectivity index (χ0n) is 14.2. The van der Waals surface area contributed by atoms with E-state index in [4.69, 9.17) is 0 Å². The molecule has 24 heavy (non-hydrogen) atoms. The minimum absolute atomic E-state index is 0.0996. The standard InChI is InChI=1S/C18H27NO5/c1-18(2,24)11-14(12-20)19-17(23)10-16(22)9-15(21)8-13-6-4-3-5-7-13/h3-7,14,16,20,22,24H,8-12H2,1-2H3,(H,19,23)/t14-,16-/m0/s1. The molecule has 0 heterocycles. The summed E-state index contributed by atoms with van der Waals surface area (Å²) < 4.78 is 0. The van der Waals surface area contributed by atoms with Crippen LogP contribution in [0, 0.1) is 0 Å². The highest BCUT2D eigenvalue weighted by molar-refractivity contribution is 5.83. The average Bonchev–Trinajstić information content (AvgIpc) is 2.45. The minimum Gasteiger partial charge on any atom is -0.394 e. The second-order valence-corrected chi connectivity index (χ2v) is 6.73. The lowest BCUT2D eigenvalue weighted by molar-refractivity contribution is -0.125. The average molecular weight is 337 g/mol. The van der Waals surface area contributed by atoms with E-state index < -0.39 is 23.7 Å². The molecule has 0 aromatic heterocycles. The van der Waals surface area contributed by atoms with Crippen molar-refractivity contribution in [3.63, 3.8) is 0 Å². The predicted molar refractivity (Wildman–Crippen MR) is 90.3 cm³/mol. The zero-order valence-corrected chi connectivity index (χ0v) is 14.2. The molecule has 0 bridgehead atoms. The molecule has 0 aliphatic heterocycles. The van der Waals surface area contributed by atoms with Crippen LogP contribution in [0.1, 0.15) is 38.7 Å². The summed E-state index contributed by atoms with van der Waals surface area (Å²) in [6.45, 7) is 2.86. The summed E-state index contributed by atoms with van der Waals surface area (Å²) in [5, 5.41) is 31.4. The fraction of sp³-hybridized carbons (Fsp3) is 0.556. The Morgan fingerprint density at radius 1 is 1.17 bits per heavy atom. The quantitative estimate of drug-likeness (QED) is 0.500. The number of nitrogens with one attached hydrogen (secondary N) is 1. The Kier molecular flexibility index (Phi) is 8.04. The third kappa shape index (κ3) is 8.76. The van der Waals surface area contributed by atoms with E-state index in [1.807, 2.05) is 30.3 Å². The number of amides is 1. The van der Waals surface area contributed by atoms with Gasteiger partial charge >= 0.3 is 0 Å². The number of aliphatic hydroxyl groups excluding tert-OH is 2. The molecule has 4 N–H and O–H groups in total. The largest absolute Gasteiger partial charge is 0.394 e. The Hall–Kier alpha value is -1.76. The molecule has 134 valence electrons. The SMILES string of the molecule is CC(C)(O)C[C@@H](CO)NC(=O)C[C@@H](O)CC(=O)Cc1ccccc1. The summed E-state index contributed by atoms with van der Waals surface area (Å²) in [5.74, 6) is -0.602. The number of hydrogen-bond donors (Lipinski definition) is 4. The second kappa shape index (κ2) is 9.52. The van der Waals surface area contributed by atoms with E-state index in [2.05, 4.69) is 5.32 Å². The highest BCUT2D eigenvalue weighted by Crippen LogP contribution is 2.11. The number of rotatable bonds is 10. The smallest absolute Gasteiger partial charge is 0.222 e. The lowest BCUT2D eigenvalue weighted by Crippen LogP contribution is -2.43. The van der Waals surface area contributed by atoms with Crippen LogP contribution in [0.3, 0.4) is 0 Å². The second-order valence-electron chi connectivity index (χ2n) is 6.73. The lowest BCUT2D eigenvalue weighted by Gasteiger charge is -2.24. The number of ketones is 1.